The molecule has 7 heteroatoms. The van der Waals surface area contributed by atoms with Crippen molar-refractivity contribution in [3.8, 4) is 0 Å². The van der Waals surface area contributed by atoms with Gasteiger partial charge in [-0.25, -0.2) is 4.98 Å². The third-order valence-corrected chi connectivity index (χ3v) is 5.99. The zero-order chi connectivity index (χ0) is 18.5. The van der Waals surface area contributed by atoms with Crippen LogP contribution in [0.5, 0.6) is 0 Å². The largest absolute Gasteiger partial charge is 0.301 e. The molecule has 1 heterocycles. The number of amides is 1. The van der Waals surface area contributed by atoms with Crippen molar-refractivity contribution in [2.24, 2.45) is 0 Å². The van der Waals surface area contributed by atoms with E-state index in [0.717, 1.165) is 22.4 Å². The normalized spacial score (nSPS) is 12.0. The second-order valence-corrected chi connectivity index (χ2v) is 8.75. The first-order valence-electron chi connectivity index (χ1n) is 7.89. The third-order valence-electron chi connectivity index (χ3n) is 3.72. The number of nitrogens with zero attached hydrogens (tertiary/aromatic N) is 1. The van der Waals surface area contributed by atoms with Gasteiger partial charge < -0.3 is 5.32 Å². The standard InChI is InChI=1S/C19H15BrCl2N2OS/c20-16(10-13-3-1-2-4-17(13)22)18(25)24-19-23-11-15(26-19)9-12-5-7-14(21)8-6-12/h1-8,11,16H,9-10H2,(H,23,24,25)/t16-/m0/s1. The zero-order valence-corrected chi connectivity index (χ0v) is 17.5. The summed E-state index contributed by atoms with van der Waals surface area (Å²) in [6.45, 7) is 0. The van der Waals surface area contributed by atoms with E-state index in [4.69, 9.17) is 23.2 Å². The molecule has 1 atom stereocenters. The van der Waals surface area contributed by atoms with Gasteiger partial charge in [0.25, 0.3) is 0 Å². The Balaban J connectivity index is 1.58. The fraction of sp³-hybridized carbons (Fsp3) is 0.158. The molecule has 1 N–H and O–H groups in total. The molecule has 0 aliphatic rings. The number of halogens is 3. The average molecular weight is 470 g/mol. The highest BCUT2D eigenvalue weighted by Crippen LogP contribution is 2.24. The molecule has 0 bridgehead atoms. The maximum absolute atomic E-state index is 12.4. The Labute approximate surface area is 174 Å². The minimum atomic E-state index is -0.383. The highest BCUT2D eigenvalue weighted by molar-refractivity contribution is 9.10. The number of nitrogens with one attached hydrogen (secondary N) is 1. The van der Waals surface area contributed by atoms with E-state index in [-0.39, 0.29) is 10.7 Å². The van der Waals surface area contributed by atoms with Crippen molar-refractivity contribution in [2.75, 3.05) is 5.32 Å². The van der Waals surface area contributed by atoms with Gasteiger partial charge in [0, 0.05) is 27.5 Å². The van der Waals surface area contributed by atoms with E-state index < -0.39 is 0 Å². The molecule has 0 radical (unpaired) electrons. The van der Waals surface area contributed by atoms with Crippen LogP contribution in [-0.4, -0.2) is 15.7 Å². The van der Waals surface area contributed by atoms with Gasteiger partial charge in [-0.2, -0.15) is 0 Å². The van der Waals surface area contributed by atoms with Crippen molar-refractivity contribution < 1.29 is 4.79 Å². The van der Waals surface area contributed by atoms with E-state index in [1.807, 2.05) is 48.5 Å². The van der Waals surface area contributed by atoms with Crippen LogP contribution in [0.1, 0.15) is 16.0 Å². The molecule has 134 valence electrons. The number of aromatic nitrogens is 1. The van der Waals surface area contributed by atoms with Crippen LogP contribution in [0.25, 0.3) is 0 Å². The van der Waals surface area contributed by atoms with Crippen LogP contribution in [0.3, 0.4) is 0 Å². The lowest BCUT2D eigenvalue weighted by molar-refractivity contribution is -0.115. The van der Waals surface area contributed by atoms with E-state index in [1.54, 1.807) is 6.20 Å². The van der Waals surface area contributed by atoms with Crippen LogP contribution in [0, 0.1) is 0 Å². The zero-order valence-electron chi connectivity index (χ0n) is 13.6. The molecule has 0 unspecified atom stereocenters. The first kappa shape index (κ1) is 19.4. The van der Waals surface area contributed by atoms with Crippen LogP contribution in [0.2, 0.25) is 10.0 Å². The highest BCUT2D eigenvalue weighted by atomic mass is 79.9. The maximum atomic E-state index is 12.4. The Morgan fingerprint density at radius 2 is 1.88 bits per heavy atom. The van der Waals surface area contributed by atoms with Crippen molar-refractivity contribution >= 4 is 61.5 Å². The second-order valence-electron chi connectivity index (χ2n) is 5.69. The van der Waals surface area contributed by atoms with Gasteiger partial charge >= 0.3 is 0 Å². The van der Waals surface area contributed by atoms with Gasteiger partial charge in [-0.1, -0.05) is 69.5 Å². The van der Waals surface area contributed by atoms with Crippen molar-refractivity contribution in [3.63, 3.8) is 0 Å². The maximum Gasteiger partial charge on any atom is 0.240 e. The van der Waals surface area contributed by atoms with Gasteiger partial charge in [-0.3, -0.25) is 4.79 Å². The van der Waals surface area contributed by atoms with E-state index in [9.17, 15) is 4.79 Å². The van der Waals surface area contributed by atoms with Gasteiger partial charge in [-0.05, 0) is 35.7 Å². The summed E-state index contributed by atoms with van der Waals surface area (Å²) in [7, 11) is 0. The lowest BCUT2D eigenvalue weighted by atomic mass is 10.1. The van der Waals surface area contributed by atoms with Crippen LogP contribution < -0.4 is 5.32 Å². The van der Waals surface area contributed by atoms with Crippen LogP contribution in [-0.2, 0) is 17.6 Å². The number of carbonyl (C=O) groups excluding carboxylic acids is 1. The van der Waals surface area contributed by atoms with Gasteiger partial charge in [-0.15, -0.1) is 11.3 Å². The lowest BCUT2D eigenvalue weighted by Gasteiger charge is -2.10. The minimum Gasteiger partial charge on any atom is -0.301 e. The van der Waals surface area contributed by atoms with E-state index in [1.165, 1.54) is 11.3 Å². The quantitative estimate of drug-likeness (QED) is 0.450. The summed E-state index contributed by atoms with van der Waals surface area (Å²) in [5.74, 6) is -0.141. The Hall–Kier alpha value is -1.40. The molecule has 3 rings (SSSR count). The van der Waals surface area contributed by atoms with Crippen molar-refractivity contribution in [2.45, 2.75) is 17.7 Å². The second kappa shape index (κ2) is 9.00. The number of hydrogen-bond donors (Lipinski definition) is 1. The molecule has 3 nitrogen and oxygen atoms in total. The first-order chi connectivity index (χ1) is 12.5. The van der Waals surface area contributed by atoms with E-state index in [2.05, 4.69) is 26.2 Å². The van der Waals surface area contributed by atoms with Gasteiger partial charge in [0.1, 0.15) is 0 Å². The Kier molecular flexibility index (Phi) is 6.70. The summed E-state index contributed by atoms with van der Waals surface area (Å²) in [6, 6.07) is 15.2. The molecule has 2 aromatic carbocycles. The van der Waals surface area contributed by atoms with Crippen molar-refractivity contribution in [1.82, 2.24) is 4.98 Å². The summed E-state index contributed by atoms with van der Waals surface area (Å²) in [6.07, 6.45) is 3.04. The van der Waals surface area contributed by atoms with Gasteiger partial charge in [0.2, 0.25) is 5.91 Å². The molecule has 0 aliphatic carbocycles. The summed E-state index contributed by atoms with van der Waals surface area (Å²) >= 11 is 17.0. The van der Waals surface area contributed by atoms with Gasteiger partial charge in [0.15, 0.2) is 5.13 Å². The smallest absolute Gasteiger partial charge is 0.240 e. The number of hydrogen-bond acceptors (Lipinski definition) is 3. The monoisotopic (exact) mass is 468 g/mol. The summed E-state index contributed by atoms with van der Waals surface area (Å²) in [5.41, 5.74) is 2.07. The topological polar surface area (TPSA) is 42.0 Å². The molecule has 0 fully saturated rings. The minimum absolute atomic E-state index is 0.141. The van der Waals surface area contributed by atoms with Gasteiger partial charge in [0.05, 0.1) is 4.83 Å². The van der Waals surface area contributed by atoms with Crippen molar-refractivity contribution in [3.05, 3.63) is 80.8 Å². The number of carbonyl (C=O) groups is 1. The van der Waals surface area contributed by atoms with Crippen LogP contribution >= 0.6 is 50.5 Å². The predicted octanol–water partition coefficient (Wildman–Crippen LogP) is 5.99. The molecule has 0 saturated heterocycles. The molecule has 26 heavy (non-hydrogen) atoms. The number of alkyl halides is 1. The average Bonchev–Trinajstić information content (AvgIpc) is 3.06. The molecule has 1 aromatic heterocycles. The highest BCUT2D eigenvalue weighted by Gasteiger charge is 2.18. The number of thiazole rings is 1. The van der Waals surface area contributed by atoms with Crippen molar-refractivity contribution in [1.29, 1.82) is 0 Å². The fourth-order valence-electron chi connectivity index (χ4n) is 2.38. The summed E-state index contributed by atoms with van der Waals surface area (Å²) in [4.78, 5) is 17.4. The molecule has 1 amide bonds. The third kappa shape index (κ3) is 5.30. The number of rotatable bonds is 6. The van der Waals surface area contributed by atoms with Crippen LogP contribution in [0.15, 0.2) is 54.7 Å². The summed E-state index contributed by atoms with van der Waals surface area (Å²) < 4.78 is 0. The Bertz CT molecular complexity index is 899. The molecular weight excluding hydrogens is 455 g/mol. The summed E-state index contributed by atoms with van der Waals surface area (Å²) in [5, 5.41) is 4.81. The molecule has 0 aliphatic heterocycles. The molecule has 0 spiro atoms. The Morgan fingerprint density at radius 1 is 1.15 bits per heavy atom. The van der Waals surface area contributed by atoms with E-state index >= 15 is 0 Å². The van der Waals surface area contributed by atoms with Crippen LogP contribution in [0.4, 0.5) is 5.13 Å². The lowest BCUT2D eigenvalue weighted by Crippen LogP contribution is -2.24. The first-order valence-corrected chi connectivity index (χ1v) is 10.4. The number of benzene rings is 2. The fourth-order valence-corrected chi connectivity index (χ4v) is 4.04. The Morgan fingerprint density at radius 3 is 2.62 bits per heavy atom. The molecule has 0 saturated carbocycles. The predicted molar refractivity (Wildman–Crippen MR) is 113 cm³/mol. The SMILES string of the molecule is O=C(Nc1ncc(Cc2ccc(Cl)cc2)s1)[C@@H](Br)Cc1ccccc1Cl. The number of anilines is 1. The molecular formula is C19H15BrCl2N2OS. The van der Waals surface area contributed by atoms with E-state index in [0.29, 0.717) is 21.6 Å². The molecule has 3 aromatic rings.